The van der Waals surface area contributed by atoms with Crippen LogP contribution in [0.25, 0.3) is 0 Å². The van der Waals surface area contributed by atoms with Gasteiger partial charge < -0.3 is 5.11 Å². The van der Waals surface area contributed by atoms with Crippen LogP contribution in [0.3, 0.4) is 0 Å². The Hall–Kier alpha value is -2.52. The van der Waals surface area contributed by atoms with Crippen molar-refractivity contribution in [2.75, 3.05) is 0 Å². The zero-order valence-electron chi connectivity index (χ0n) is 10.9. The Labute approximate surface area is 123 Å². The Morgan fingerprint density at radius 2 is 2.33 bits per heavy atom. The summed E-state index contributed by atoms with van der Waals surface area (Å²) in [7, 11) is 0. The second kappa shape index (κ2) is 4.79. The lowest BCUT2D eigenvalue weighted by molar-refractivity contribution is 0.103. The molecule has 2 aliphatic rings. The number of halogens is 1. The lowest BCUT2D eigenvalue weighted by Crippen LogP contribution is -2.17. The fraction of sp³-hybridized carbons (Fsp3) is 0.133. The van der Waals surface area contributed by atoms with Crippen LogP contribution in [0, 0.1) is 17.4 Å². The number of carbonyl (C=O) groups is 1. The Kier molecular flexibility index (Phi) is 3.07. The minimum atomic E-state index is -0.878. The van der Waals surface area contributed by atoms with Crippen molar-refractivity contribution in [3.8, 4) is 6.07 Å². The molecular weight excluding hydrogens is 291 g/mol. The van der Waals surface area contributed by atoms with Crippen molar-refractivity contribution >= 4 is 22.8 Å². The minimum absolute atomic E-state index is 0.0437. The molecule has 1 aromatic heterocycles. The van der Waals surface area contributed by atoms with E-state index in [1.54, 1.807) is 6.92 Å². The van der Waals surface area contributed by atoms with E-state index in [4.69, 9.17) is 5.26 Å². The van der Waals surface area contributed by atoms with Gasteiger partial charge in [0.2, 0.25) is 5.78 Å². The van der Waals surface area contributed by atoms with Crippen molar-refractivity contribution < 1.29 is 14.3 Å². The number of allylic oxidation sites excluding steroid dienone is 5. The molecule has 21 heavy (non-hydrogen) atoms. The molecule has 0 atom stereocenters. The Morgan fingerprint density at radius 3 is 3.00 bits per heavy atom. The van der Waals surface area contributed by atoms with Gasteiger partial charge in [-0.05, 0) is 19.1 Å². The Balaban J connectivity index is 2.03. The van der Waals surface area contributed by atoms with Gasteiger partial charge in [-0.3, -0.25) is 9.79 Å². The highest BCUT2D eigenvalue weighted by Crippen LogP contribution is 2.35. The molecule has 1 aromatic rings. The number of aliphatic hydroxyl groups excluding tert-OH is 1. The molecule has 0 saturated carbocycles. The predicted octanol–water partition coefficient (Wildman–Crippen LogP) is 3.40. The normalized spacial score (nSPS) is 17.4. The standard InChI is InChI=1S/C15H8FN2O2S/c1-7-4-9-11(18-7)5-10(15(20)13(9)16)14(19)12-3-2-8(6-17)21-12/h2-3,20H,5H2,1H3. The fourth-order valence-corrected chi connectivity index (χ4v) is 2.98. The molecule has 2 heterocycles. The maximum Gasteiger partial charge on any atom is 0.203 e. The number of aliphatic imine (C=N–C) groups is 1. The van der Waals surface area contributed by atoms with Crippen LogP contribution in [0.2, 0.25) is 0 Å². The van der Waals surface area contributed by atoms with Crippen molar-refractivity contribution in [1.29, 1.82) is 5.26 Å². The van der Waals surface area contributed by atoms with Gasteiger partial charge >= 0.3 is 0 Å². The van der Waals surface area contributed by atoms with Crippen LogP contribution in [0.15, 0.2) is 45.6 Å². The molecular formula is C15H8FN2O2S. The second-order valence-corrected chi connectivity index (χ2v) is 5.65. The molecule has 0 amide bonds. The first-order chi connectivity index (χ1) is 10.0. The van der Waals surface area contributed by atoms with Crippen molar-refractivity contribution in [2.45, 2.75) is 13.3 Å². The summed E-state index contributed by atoms with van der Waals surface area (Å²) in [6, 6.07) is 4.95. The molecule has 103 valence electrons. The van der Waals surface area contributed by atoms with Crippen LogP contribution in [0.5, 0.6) is 0 Å². The monoisotopic (exact) mass is 299 g/mol. The summed E-state index contributed by atoms with van der Waals surface area (Å²) < 4.78 is 14.1. The average molecular weight is 299 g/mol. The highest BCUT2D eigenvalue weighted by atomic mass is 32.1. The van der Waals surface area contributed by atoms with E-state index in [-0.39, 0.29) is 22.4 Å². The van der Waals surface area contributed by atoms with Crippen LogP contribution in [0.1, 0.15) is 27.9 Å². The largest absolute Gasteiger partial charge is 0.505 e. The molecule has 6 heteroatoms. The van der Waals surface area contributed by atoms with Gasteiger partial charge in [0.15, 0.2) is 11.6 Å². The van der Waals surface area contributed by atoms with E-state index in [2.05, 4.69) is 11.1 Å². The first-order valence-corrected chi connectivity index (χ1v) is 6.88. The lowest BCUT2D eigenvalue weighted by Gasteiger charge is -2.15. The maximum atomic E-state index is 14.1. The molecule has 0 spiro atoms. The summed E-state index contributed by atoms with van der Waals surface area (Å²) in [5.74, 6) is -2.03. The van der Waals surface area contributed by atoms with Crippen molar-refractivity contribution in [3.63, 3.8) is 0 Å². The van der Waals surface area contributed by atoms with Gasteiger partial charge in [0.25, 0.3) is 0 Å². The average Bonchev–Trinajstić information content (AvgIpc) is 3.08. The highest BCUT2D eigenvalue weighted by Gasteiger charge is 2.32. The number of rotatable bonds is 2. The molecule has 0 unspecified atom stereocenters. The van der Waals surface area contributed by atoms with E-state index in [0.717, 1.165) is 11.3 Å². The first-order valence-electron chi connectivity index (χ1n) is 6.06. The molecule has 0 fully saturated rings. The molecule has 0 aromatic carbocycles. The molecule has 1 aliphatic carbocycles. The molecule has 0 bridgehead atoms. The van der Waals surface area contributed by atoms with E-state index in [1.807, 2.05) is 6.07 Å². The number of fused-ring (bicyclic) bond motifs is 1. The summed E-state index contributed by atoms with van der Waals surface area (Å²) in [6.45, 7) is 1.67. The zero-order chi connectivity index (χ0) is 15.1. The summed E-state index contributed by atoms with van der Waals surface area (Å²) in [4.78, 5) is 17.2. The van der Waals surface area contributed by atoms with Crippen molar-refractivity contribution in [2.24, 2.45) is 4.99 Å². The quantitative estimate of drug-likeness (QED) is 0.850. The SMILES string of the molecule is CC1=[C]C2=C(F)C(O)=C(C(=O)c3ccc(C#N)s3)CC2=N1. The number of nitrogens with zero attached hydrogens (tertiary/aromatic N) is 2. The van der Waals surface area contributed by atoms with Crippen LogP contribution < -0.4 is 0 Å². The molecule has 0 saturated heterocycles. The summed E-state index contributed by atoms with van der Waals surface area (Å²) in [5, 5.41) is 18.7. The number of Topliss-reactive ketones (excluding diaryl/α,β-unsaturated/α-hetero) is 1. The third-order valence-electron chi connectivity index (χ3n) is 3.17. The highest BCUT2D eigenvalue weighted by molar-refractivity contribution is 7.14. The topological polar surface area (TPSA) is 73.4 Å². The van der Waals surface area contributed by atoms with E-state index in [1.165, 1.54) is 12.1 Å². The van der Waals surface area contributed by atoms with Crippen LogP contribution >= 0.6 is 11.3 Å². The number of hydrogen-bond donors (Lipinski definition) is 1. The first kappa shape index (κ1) is 13.5. The van der Waals surface area contributed by atoms with Gasteiger partial charge in [0, 0.05) is 23.8 Å². The number of nitriles is 1. The van der Waals surface area contributed by atoms with Gasteiger partial charge in [-0.1, -0.05) is 0 Å². The van der Waals surface area contributed by atoms with Gasteiger partial charge in [-0.2, -0.15) is 5.26 Å². The van der Waals surface area contributed by atoms with Crippen LogP contribution in [0.4, 0.5) is 4.39 Å². The zero-order valence-corrected chi connectivity index (χ0v) is 11.7. The fourth-order valence-electron chi connectivity index (χ4n) is 2.21. The molecule has 1 aliphatic heterocycles. The maximum absolute atomic E-state index is 14.1. The third kappa shape index (κ3) is 2.12. The van der Waals surface area contributed by atoms with E-state index in [0.29, 0.717) is 16.3 Å². The van der Waals surface area contributed by atoms with Gasteiger partial charge in [0.05, 0.1) is 16.2 Å². The summed E-state index contributed by atoms with van der Waals surface area (Å²) >= 11 is 1.01. The summed E-state index contributed by atoms with van der Waals surface area (Å²) in [6.07, 6.45) is 2.77. The molecule has 1 N–H and O–H groups in total. The van der Waals surface area contributed by atoms with Crippen molar-refractivity contribution in [3.05, 3.63) is 56.4 Å². The number of carbonyl (C=O) groups excluding carboxylic acids is 1. The van der Waals surface area contributed by atoms with Gasteiger partial charge in [-0.25, -0.2) is 4.39 Å². The number of aliphatic hydroxyl groups is 1. The Bertz CT molecular complexity index is 834. The Morgan fingerprint density at radius 1 is 1.57 bits per heavy atom. The summed E-state index contributed by atoms with van der Waals surface area (Å²) in [5.41, 5.74) is 0.978. The van der Waals surface area contributed by atoms with Gasteiger partial charge in [-0.15, -0.1) is 11.3 Å². The number of thiophene rings is 1. The van der Waals surface area contributed by atoms with Crippen LogP contribution in [-0.4, -0.2) is 16.6 Å². The minimum Gasteiger partial charge on any atom is -0.505 e. The smallest absolute Gasteiger partial charge is 0.203 e. The number of ketones is 1. The third-order valence-corrected chi connectivity index (χ3v) is 4.16. The lowest BCUT2D eigenvalue weighted by atomic mass is 9.92. The van der Waals surface area contributed by atoms with Gasteiger partial charge in [0.1, 0.15) is 10.9 Å². The van der Waals surface area contributed by atoms with E-state index in [9.17, 15) is 14.3 Å². The molecule has 4 nitrogen and oxygen atoms in total. The van der Waals surface area contributed by atoms with Crippen molar-refractivity contribution in [1.82, 2.24) is 0 Å². The van der Waals surface area contributed by atoms with E-state index < -0.39 is 17.4 Å². The van der Waals surface area contributed by atoms with E-state index >= 15 is 0 Å². The molecule has 1 radical (unpaired) electrons. The number of hydrogen-bond acceptors (Lipinski definition) is 5. The second-order valence-electron chi connectivity index (χ2n) is 4.57. The van der Waals surface area contributed by atoms with Crippen LogP contribution in [-0.2, 0) is 0 Å². The predicted molar refractivity (Wildman–Crippen MR) is 75.6 cm³/mol. The molecule has 3 rings (SSSR count).